The molecule has 4 rings (SSSR count). The van der Waals surface area contributed by atoms with Gasteiger partial charge in [-0.05, 0) is 58.9 Å². The highest BCUT2D eigenvalue weighted by atomic mass is 31.2. The predicted octanol–water partition coefficient (Wildman–Crippen LogP) is 7.35. The quantitative estimate of drug-likeness (QED) is 0.347. The maximum absolute atomic E-state index is 2.54. The molecule has 3 aromatic carbocycles. The van der Waals surface area contributed by atoms with Crippen molar-refractivity contribution in [3.63, 3.8) is 0 Å². The molecule has 1 saturated carbocycles. The van der Waals surface area contributed by atoms with Crippen LogP contribution in [0, 0.1) is 0 Å². The van der Waals surface area contributed by atoms with Crippen LogP contribution in [0.3, 0.4) is 0 Å². The van der Waals surface area contributed by atoms with E-state index >= 15 is 0 Å². The van der Waals surface area contributed by atoms with Crippen molar-refractivity contribution in [2.45, 2.75) is 64.2 Å². The summed E-state index contributed by atoms with van der Waals surface area (Å²) in [6, 6.07) is 34.3. The normalized spacial score (nSPS) is 16.3. The van der Waals surface area contributed by atoms with Crippen LogP contribution < -0.4 is 15.9 Å². The van der Waals surface area contributed by atoms with E-state index in [1.807, 2.05) is 0 Å². The second-order valence-corrected chi connectivity index (χ2v) is 16.2. The molecule has 0 saturated heterocycles. The summed E-state index contributed by atoms with van der Waals surface area (Å²) in [5.41, 5.74) is 1.59. The monoisotopic (exact) mass is 446 g/mol. The molecule has 0 radical (unpaired) electrons. The number of rotatable bonds is 6. The molecule has 0 heterocycles. The van der Waals surface area contributed by atoms with E-state index in [1.54, 1.807) is 5.03 Å². The first-order valence-electron chi connectivity index (χ1n) is 11.8. The van der Waals surface area contributed by atoms with Crippen LogP contribution in [0.1, 0.15) is 52.9 Å². The SMILES string of the molecule is CC(P(C(C)C)C1CCCCC1)=P(c1ccccc1)(c1ccccc1)c1ccccc1. The molecule has 1 aliphatic rings. The minimum Gasteiger partial charge on any atom is -0.0731 e. The van der Waals surface area contributed by atoms with Gasteiger partial charge in [-0.25, -0.2) is 0 Å². The Labute approximate surface area is 190 Å². The van der Waals surface area contributed by atoms with Crippen LogP contribution in [0.25, 0.3) is 0 Å². The summed E-state index contributed by atoms with van der Waals surface area (Å²) in [4.78, 5) is 0. The van der Waals surface area contributed by atoms with E-state index in [4.69, 9.17) is 0 Å². The van der Waals surface area contributed by atoms with Crippen LogP contribution >= 0.6 is 14.8 Å². The van der Waals surface area contributed by atoms with Crippen molar-refractivity contribution in [1.29, 1.82) is 0 Å². The van der Waals surface area contributed by atoms with Gasteiger partial charge in [0.1, 0.15) is 0 Å². The summed E-state index contributed by atoms with van der Waals surface area (Å²) >= 11 is 0. The molecular formula is C29H36P2. The van der Waals surface area contributed by atoms with Gasteiger partial charge in [-0.15, -0.1) is 0 Å². The summed E-state index contributed by atoms with van der Waals surface area (Å²) in [5.74, 6) is 0. The molecule has 0 spiro atoms. The maximum Gasteiger partial charge on any atom is -0.0158 e. The largest absolute Gasteiger partial charge is 0.0731 e. The van der Waals surface area contributed by atoms with Gasteiger partial charge in [0.25, 0.3) is 0 Å². The topological polar surface area (TPSA) is 0 Å². The summed E-state index contributed by atoms with van der Waals surface area (Å²) in [7, 11) is -0.192. The predicted molar refractivity (Wildman–Crippen MR) is 145 cm³/mol. The number of hydrogen-bond acceptors (Lipinski definition) is 0. The minimum absolute atomic E-state index is 0.192. The molecule has 2 heteroatoms. The Morgan fingerprint density at radius 1 is 0.677 bits per heavy atom. The first-order chi connectivity index (χ1) is 15.2. The molecular weight excluding hydrogens is 410 g/mol. The van der Waals surface area contributed by atoms with Crippen molar-refractivity contribution < 1.29 is 0 Å². The lowest BCUT2D eigenvalue weighted by Gasteiger charge is -2.41. The Kier molecular flexibility index (Phi) is 7.53. The molecule has 0 N–H and O–H groups in total. The first-order valence-corrected chi connectivity index (χ1v) is 15.1. The molecule has 1 aliphatic carbocycles. The standard InChI is InChI=1S/C29H36P2/c1-24(2)30(26-16-8-4-9-17-26)25(3)31(27-18-10-5-11-19-27,28-20-12-6-13-21-28)29-22-14-7-15-23-29/h5-7,10-15,18-24,26H,4,8-9,16-17H2,1-3H3. The minimum atomic E-state index is -1.88. The summed E-state index contributed by atoms with van der Waals surface area (Å²) in [6.07, 6.45) is 7.08. The Hall–Kier alpha value is -1.61. The zero-order valence-corrected chi connectivity index (χ0v) is 21.0. The molecule has 0 bridgehead atoms. The zero-order chi connectivity index (χ0) is 21.7. The Morgan fingerprint density at radius 3 is 1.42 bits per heavy atom. The molecule has 1 fully saturated rings. The molecule has 3 aromatic rings. The highest BCUT2D eigenvalue weighted by molar-refractivity contribution is 8.06. The Bertz CT molecular complexity index is 897. The molecule has 162 valence electrons. The summed E-state index contributed by atoms with van der Waals surface area (Å²) in [5, 5.41) is 6.31. The van der Waals surface area contributed by atoms with Crippen LogP contribution in [0.2, 0.25) is 0 Å². The third-order valence-corrected chi connectivity index (χ3v) is 15.8. The van der Waals surface area contributed by atoms with Gasteiger partial charge in [0.05, 0.1) is 0 Å². The highest BCUT2D eigenvalue weighted by Gasteiger charge is 2.35. The fourth-order valence-corrected chi connectivity index (χ4v) is 16.1. The molecule has 1 atom stereocenters. The van der Waals surface area contributed by atoms with Gasteiger partial charge < -0.3 is 0 Å². The lowest BCUT2D eigenvalue weighted by atomic mass is 10.0. The van der Waals surface area contributed by atoms with Gasteiger partial charge in [0.2, 0.25) is 0 Å². The van der Waals surface area contributed by atoms with E-state index in [9.17, 15) is 0 Å². The second kappa shape index (κ2) is 10.3. The lowest BCUT2D eigenvalue weighted by molar-refractivity contribution is 0.511. The third-order valence-electron chi connectivity index (χ3n) is 6.81. The Morgan fingerprint density at radius 2 is 1.06 bits per heavy atom. The van der Waals surface area contributed by atoms with Gasteiger partial charge in [0.15, 0.2) is 0 Å². The summed E-state index contributed by atoms with van der Waals surface area (Å²) < 4.78 is 0. The zero-order valence-electron chi connectivity index (χ0n) is 19.2. The van der Waals surface area contributed by atoms with E-state index in [1.165, 1.54) is 48.0 Å². The fraction of sp³-hybridized carbons (Fsp3) is 0.345. The van der Waals surface area contributed by atoms with Crippen LogP contribution in [-0.2, 0) is 0 Å². The molecule has 0 amide bonds. The first kappa shape index (κ1) is 22.6. The van der Waals surface area contributed by atoms with Crippen LogP contribution in [-0.4, -0.2) is 16.4 Å². The van der Waals surface area contributed by atoms with Gasteiger partial charge >= 0.3 is 0 Å². The average Bonchev–Trinajstić information content (AvgIpc) is 2.82. The van der Waals surface area contributed by atoms with Crippen molar-refractivity contribution in [3.05, 3.63) is 91.0 Å². The maximum atomic E-state index is 2.54. The van der Waals surface area contributed by atoms with Crippen LogP contribution in [0.5, 0.6) is 0 Å². The highest BCUT2D eigenvalue weighted by Crippen LogP contribution is 2.61. The van der Waals surface area contributed by atoms with E-state index in [-0.39, 0.29) is 7.92 Å². The molecule has 0 nitrogen and oxygen atoms in total. The molecule has 0 aliphatic heterocycles. The average molecular weight is 447 g/mol. The smallest absolute Gasteiger partial charge is 0.0158 e. The second-order valence-electron chi connectivity index (χ2n) is 9.02. The Balaban J connectivity index is 2.10. The molecule has 31 heavy (non-hydrogen) atoms. The van der Waals surface area contributed by atoms with Crippen molar-refractivity contribution in [3.8, 4) is 0 Å². The summed E-state index contributed by atoms with van der Waals surface area (Å²) in [6.45, 7) is 5.64. The van der Waals surface area contributed by atoms with Crippen LogP contribution in [0.15, 0.2) is 91.0 Å². The van der Waals surface area contributed by atoms with Gasteiger partial charge in [0, 0.05) is 0 Å². The van der Waals surface area contributed by atoms with Crippen LogP contribution in [0.4, 0.5) is 0 Å². The van der Waals surface area contributed by atoms with Gasteiger partial charge in [-0.2, -0.15) is 0 Å². The van der Waals surface area contributed by atoms with Crippen molar-refractivity contribution in [2.75, 3.05) is 0 Å². The van der Waals surface area contributed by atoms with Crippen molar-refractivity contribution in [1.82, 2.24) is 0 Å². The van der Waals surface area contributed by atoms with E-state index in [0.717, 1.165) is 5.66 Å². The van der Waals surface area contributed by atoms with E-state index in [2.05, 4.69) is 112 Å². The van der Waals surface area contributed by atoms with E-state index < -0.39 is 6.89 Å². The van der Waals surface area contributed by atoms with Crippen molar-refractivity contribution in [2.24, 2.45) is 0 Å². The van der Waals surface area contributed by atoms with Gasteiger partial charge in [-0.1, -0.05) is 132 Å². The fourth-order valence-electron chi connectivity index (χ4n) is 5.55. The molecule has 0 aromatic heterocycles. The number of hydrogen-bond donors (Lipinski definition) is 0. The van der Waals surface area contributed by atoms with Crippen molar-refractivity contribution >= 4 is 35.8 Å². The third kappa shape index (κ3) is 4.49. The van der Waals surface area contributed by atoms with Gasteiger partial charge in [-0.3, -0.25) is 0 Å². The van der Waals surface area contributed by atoms with E-state index in [0.29, 0.717) is 5.66 Å². The number of benzene rings is 3. The molecule has 1 unspecified atom stereocenters. The lowest BCUT2D eigenvalue weighted by Crippen LogP contribution is -2.31.